The summed E-state index contributed by atoms with van der Waals surface area (Å²) in [6.07, 6.45) is 8.26. The molecule has 1 N–H and O–H groups in total. The van der Waals surface area contributed by atoms with Crippen LogP contribution in [0.4, 0.5) is 0 Å². The van der Waals surface area contributed by atoms with E-state index in [9.17, 15) is 14.7 Å². The minimum absolute atomic E-state index is 0.0216. The second-order valence-corrected chi connectivity index (χ2v) is 8.91. The number of hydrogen-bond acceptors (Lipinski definition) is 2. The van der Waals surface area contributed by atoms with Crippen LogP contribution in [-0.2, 0) is 9.59 Å². The van der Waals surface area contributed by atoms with E-state index in [0.717, 1.165) is 5.56 Å². The molecule has 0 amide bonds. The van der Waals surface area contributed by atoms with Gasteiger partial charge in [0, 0.05) is 17.3 Å². The van der Waals surface area contributed by atoms with Gasteiger partial charge in [-0.25, -0.2) is 0 Å². The summed E-state index contributed by atoms with van der Waals surface area (Å²) in [5.74, 6) is -0.965. The van der Waals surface area contributed by atoms with Crippen LogP contribution in [-0.4, -0.2) is 16.9 Å². The van der Waals surface area contributed by atoms with Crippen molar-refractivity contribution in [2.45, 2.75) is 53.9 Å². The fourth-order valence-corrected chi connectivity index (χ4v) is 6.58. The molecule has 0 spiro atoms. The maximum absolute atomic E-state index is 13.1. The minimum atomic E-state index is -0.988. The van der Waals surface area contributed by atoms with Crippen molar-refractivity contribution in [3.05, 3.63) is 53.6 Å². The van der Waals surface area contributed by atoms with Gasteiger partial charge in [0.15, 0.2) is 0 Å². The summed E-state index contributed by atoms with van der Waals surface area (Å²) in [6, 6.07) is 10.0. The van der Waals surface area contributed by atoms with E-state index < -0.39 is 16.8 Å². The molecule has 1 aromatic rings. The van der Waals surface area contributed by atoms with Crippen LogP contribution in [0.25, 0.3) is 6.08 Å². The number of hydrogen-bond donors (Lipinski definition) is 1. The van der Waals surface area contributed by atoms with E-state index in [1.165, 1.54) is 5.57 Å². The van der Waals surface area contributed by atoms with Crippen molar-refractivity contribution in [1.82, 2.24) is 0 Å². The smallest absolute Gasteiger partial charge is 0.311 e. The lowest BCUT2D eigenvalue weighted by Crippen LogP contribution is -2.56. The summed E-state index contributed by atoms with van der Waals surface area (Å²) in [4.78, 5) is 26.2. The summed E-state index contributed by atoms with van der Waals surface area (Å²) in [5.41, 5.74) is 0.633. The van der Waals surface area contributed by atoms with Crippen molar-refractivity contribution < 1.29 is 14.7 Å². The molecule has 1 fully saturated rings. The third kappa shape index (κ3) is 3.01. The number of Topliss-reactive ketones (excluding diaryl/α,β-unsaturated/α-hetero) is 1. The number of carbonyl (C=O) groups excluding carboxylic acids is 1. The molecule has 0 aliphatic heterocycles. The van der Waals surface area contributed by atoms with Gasteiger partial charge in [0.2, 0.25) is 0 Å². The Morgan fingerprint density at radius 2 is 1.79 bits per heavy atom. The third-order valence-electron chi connectivity index (χ3n) is 7.92. The molecule has 0 radical (unpaired) electrons. The van der Waals surface area contributed by atoms with Crippen LogP contribution in [0.15, 0.2) is 48.1 Å². The number of aliphatic carboxylic acids is 1. The molecular formula is C26H34O3. The monoisotopic (exact) mass is 394 g/mol. The van der Waals surface area contributed by atoms with E-state index >= 15 is 0 Å². The number of carboxylic acids is 1. The number of carboxylic acid groups (broad SMARTS) is 1. The second kappa shape index (κ2) is 7.93. The second-order valence-electron chi connectivity index (χ2n) is 8.91. The van der Waals surface area contributed by atoms with Gasteiger partial charge in [0.05, 0.1) is 5.41 Å². The number of carbonyl (C=O) groups is 2. The lowest BCUT2D eigenvalue weighted by molar-refractivity contribution is -0.165. The molecule has 3 rings (SSSR count). The van der Waals surface area contributed by atoms with Crippen molar-refractivity contribution >= 4 is 17.8 Å². The number of benzene rings is 1. The fourth-order valence-electron chi connectivity index (χ4n) is 6.58. The molecule has 0 saturated heterocycles. The van der Waals surface area contributed by atoms with Gasteiger partial charge < -0.3 is 5.11 Å². The van der Waals surface area contributed by atoms with Crippen LogP contribution in [0.5, 0.6) is 0 Å². The van der Waals surface area contributed by atoms with Gasteiger partial charge in [-0.15, -0.1) is 0 Å². The van der Waals surface area contributed by atoms with Crippen LogP contribution >= 0.6 is 0 Å². The van der Waals surface area contributed by atoms with E-state index in [1.807, 2.05) is 51.1 Å². The first-order chi connectivity index (χ1) is 13.8. The molecule has 0 heterocycles. The van der Waals surface area contributed by atoms with E-state index in [-0.39, 0.29) is 29.5 Å². The molecule has 156 valence electrons. The Balaban J connectivity index is 2.27. The standard InChI is InChI=1S/C26H34O3/c1-6-20-22-21(18(5)23(20)27)17(4)16-25(7-2,26(22,8-3)24(28)29)15-14-19-12-10-9-11-13-19/h9-16,18,20-22H,6-8H2,1-5H3,(H,28,29)/b15-14+/t18-,20-,21-,22-,25-,26-/m0/s1. The Labute approximate surface area is 174 Å². The summed E-state index contributed by atoms with van der Waals surface area (Å²) < 4.78 is 0. The first kappa shape index (κ1) is 21.5. The Hall–Kier alpha value is -2.16. The third-order valence-corrected chi connectivity index (χ3v) is 7.92. The quantitative estimate of drug-likeness (QED) is 0.601. The average Bonchev–Trinajstić information content (AvgIpc) is 2.98. The van der Waals surface area contributed by atoms with Gasteiger partial charge in [-0.2, -0.15) is 0 Å². The molecule has 6 atom stereocenters. The van der Waals surface area contributed by atoms with Gasteiger partial charge in [-0.3, -0.25) is 9.59 Å². The Bertz CT molecular complexity index is 837. The van der Waals surface area contributed by atoms with Crippen molar-refractivity contribution in [2.75, 3.05) is 0 Å². The predicted molar refractivity (Wildman–Crippen MR) is 117 cm³/mol. The SMILES string of the molecule is CC[C@@H]1C(=O)[C@@H](C)[C@@H]2C(C)=C[C@@](/C=C/c3ccccc3)(CC)[C@](CC)(C(=O)O)[C@H]21. The average molecular weight is 395 g/mol. The highest BCUT2D eigenvalue weighted by Gasteiger charge is 2.67. The predicted octanol–water partition coefficient (Wildman–Crippen LogP) is 6.01. The summed E-state index contributed by atoms with van der Waals surface area (Å²) in [6.45, 7) is 10.2. The fraction of sp³-hybridized carbons (Fsp3) is 0.538. The van der Waals surface area contributed by atoms with Crippen molar-refractivity contribution in [2.24, 2.45) is 34.5 Å². The Kier molecular flexibility index (Phi) is 5.89. The van der Waals surface area contributed by atoms with Gasteiger partial charge in [0.25, 0.3) is 0 Å². The molecule has 0 aromatic heterocycles. The number of allylic oxidation sites excluding steroid dienone is 3. The Morgan fingerprint density at radius 1 is 1.14 bits per heavy atom. The lowest BCUT2D eigenvalue weighted by Gasteiger charge is -2.54. The van der Waals surface area contributed by atoms with Gasteiger partial charge in [-0.1, -0.05) is 81.8 Å². The van der Waals surface area contributed by atoms with Gasteiger partial charge >= 0.3 is 5.97 Å². The first-order valence-electron chi connectivity index (χ1n) is 11.0. The number of ketones is 1. The first-order valence-corrected chi connectivity index (χ1v) is 11.0. The zero-order valence-electron chi connectivity index (χ0n) is 18.3. The molecule has 0 unspecified atom stereocenters. The van der Waals surface area contributed by atoms with Crippen LogP contribution in [0.3, 0.4) is 0 Å². The zero-order chi connectivity index (χ0) is 21.4. The van der Waals surface area contributed by atoms with E-state index in [0.29, 0.717) is 19.3 Å². The maximum atomic E-state index is 13.1. The lowest BCUT2D eigenvalue weighted by atomic mass is 9.47. The number of fused-ring (bicyclic) bond motifs is 1. The summed E-state index contributed by atoms with van der Waals surface area (Å²) >= 11 is 0. The minimum Gasteiger partial charge on any atom is -0.481 e. The molecule has 3 heteroatoms. The molecule has 2 aliphatic carbocycles. The molecule has 2 aliphatic rings. The zero-order valence-corrected chi connectivity index (χ0v) is 18.3. The number of rotatable bonds is 6. The molecule has 0 bridgehead atoms. The van der Waals surface area contributed by atoms with Crippen molar-refractivity contribution in [1.29, 1.82) is 0 Å². The van der Waals surface area contributed by atoms with Crippen LogP contribution in [0.1, 0.15) is 59.4 Å². The van der Waals surface area contributed by atoms with E-state index in [4.69, 9.17) is 0 Å². The van der Waals surface area contributed by atoms with E-state index in [1.54, 1.807) is 0 Å². The van der Waals surface area contributed by atoms with Crippen molar-refractivity contribution in [3.63, 3.8) is 0 Å². The largest absolute Gasteiger partial charge is 0.481 e. The molecule has 29 heavy (non-hydrogen) atoms. The summed E-state index contributed by atoms with van der Waals surface area (Å²) in [7, 11) is 0. The van der Waals surface area contributed by atoms with Crippen LogP contribution in [0.2, 0.25) is 0 Å². The van der Waals surface area contributed by atoms with Gasteiger partial charge in [0.1, 0.15) is 5.78 Å². The highest BCUT2D eigenvalue weighted by Crippen LogP contribution is 2.65. The Morgan fingerprint density at radius 3 is 2.31 bits per heavy atom. The topological polar surface area (TPSA) is 54.4 Å². The molecule has 1 saturated carbocycles. The van der Waals surface area contributed by atoms with Gasteiger partial charge in [-0.05, 0) is 43.6 Å². The normalized spacial score (nSPS) is 36.9. The molecule has 1 aromatic carbocycles. The highest BCUT2D eigenvalue weighted by molar-refractivity contribution is 5.90. The summed E-state index contributed by atoms with van der Waals surface area (Å²) in [5, 5.41) is 10.7. The molecular weight excluding hydrogens is 360 g/mol. The van der Waals surface area contributed by atoms with E-state index in [2.05, 4.69) is 32.1 Å². The van der Waals surface area contributed by atoms with Crippen LogP contribution in [0, 0.1) is 34.5 Å². The highest BCUT2D eigenvalue weighted by atomic mass is 16.4. The van der Waals surface area contributed by atoms with Crippen molar-refractivity contribution in [3.8, 4) is 0 Å². The van der Waals surface area contributed by atoms with Crippen LogP contribution < -0.4 is 0 Å². The molecule has 3 nitrogen and oxygen atoms in total. The maximum Gasteiger partial charge on any atom is 0.311 e.